The molecule has 0 saturated carbocycles. The Morgan fingerprint density at radius 1 is 0.962 bits per heavy atom. The van der Waals surface area contributed by atoms with Crippen LogP contribution >= 0.6 is 0 Å². The van der Waals surface area contributed by atoms with Gasteiger partial charge in [0.2, 0.25) is 0 Å². The monoisotopic (exact) mass is 374 g/mol. The number of anilines is 1. The number of hydrogen-bond acceptors (Lipinski definition) is 5. The lowest BCUT2D eigenvalue weighted by atomic mass is 10.2. The first-order valence-corrected chi connectivity index (χ1v) is 7.79. The van der Waals surface area contributed by atoms with Gasteiger partial charge in [-0.3, -0.25) is 0 Å². The number of methoxy groups -OCH3 is 1. The Labute approximate surface area is 151 Å². The quantitative estimate of drug-likeness (QED) is 0.787. The van der Waals surface area contributed by atoms with Crippen molar-refractivity contribution in [1.82, 2.24) is 5.43 Å². The summed E-state index contributed by atoms with van der Waals surface area (Å²) in [4.78, 5) is 24.4. The summed E-state index contributed by atoms with van der Waals surface area (Å²) in [5, 5.41) is 0.323. The zero-order chi connectivity index (χ0) is 20.3. The van der Waals surface area contributed by atoms with E-state index in [2.05, 4.69) is 0 Å². The maximum absolute atomic E-state index is 14.4. The van der Waals surface area contributed by atoms with Gasteiger partial charge in [0.1, 0.15) is 22.6 Å². The molecule has 0 saturated heterocycles. The number of rotatable bonds is 2. The van der Waals surface area contributed by atoms with Gasteiger partial charge in [0.05, 0.1) is 7.11 Å². The molecular formula is C17H24F2N2O5. The normalized spacial score (nSPS) is 11.6. The molecule has 0 atom stereocenters. The maximum atomic E-state index is 14.4. The fraction of sp³-hybridized carbons (Fsp3) is 0.529. The molecule has 0 heterocycles. The molecule has 0 aromatic heterocycles. The number of hydrogen-bond donors (Lipinski definition) is 1. The first-order valence-electron chi connectivity index (χ1n) is 7.79. The van der Waals surface area contributed by atoms with E-state index in [1.54, 1.807) is 41.5 Å². The summed E-state index contributed by atoms with van der Waals surface area (Å²) in [5.41, 5.74) is -0.676. The number of hydrazine groups is 1. The maximum Gasteiger partial charge on any atom is 0.434 e. The summed E-state index contributed by atoms with van der Waals surface area (Å²) >= 11 is 0. The van der Waals surface area contributed by atoms with Crippen molar-refractivity contribution in [3.63, 3.8) is 0 Å². The minimum Gasteiger partial charge on any atom is -0.497 e. The van der Waals surface area contributed by atoms with Gasteiger partial charge in [-0.15, -0.1) is 0 Å². The number of halogens is 2. The first-order chi connectivity index (χ1) is 11.7. The molecule has 0 aliphatic carbocycles. The lowest BCUT2D eigenvalue weighted by Crippen LogP contribution is -2.50. The molecule has 1 rings (SSSR count). The van der Waals surface area contributed by atoms with Crippen LogP contribution in [-0.4, -0.2) is 30.5 Å². The molecule has 1 N–H and O–H groups in total. The van der Waals surface area contributed by atoms with E-state index >= 15 is 0 Å². The van der Waals surface area contributed by atoms with E-state index < -0.39 is 40.7 Å². The second-order valence-electron chi connectivity index (χ2n) is 7.37. The molecule has 0 spiro atoms. The van der Waals surface area contributed by atoms with Gasteiger partial charge < -0.3 is 14.2 Å². The van der Waals surface area contributed by atoms with E-state index in [-0.39, 0.29) is 5.75 Å². The van der Waals surface area contributed by atoms with Crippen LogP contribution in [-0.2, 0) is 9.47 Å². The van der Waals surface area contributed by atoms with Crippen molar-refractivity contribution in [2.24, 2.45) is 0 Å². The Hall–Kier alpha value is -2.58. The zero-order valence-corrected chi connectivity index (χ0v) is 15.9. The van der Waals surface area contributed by atoms with Crippen LogP contribution in [0.2, 0.25) is 0 Å². The van der Waals surface area contributed by atoms with Gasteiger partial charge in [0.25, 0.3) is 0 Å². The summed E-state index contributed by atoms with van der Waals surface area (Å²) in [6.45, 7) is 9.49. The third-order valence-electron chi connectivity index (χ3n) is 2.63. The molecule has 1 aromatic carbocycles. The average molecular weight is 374 g/mol. The smallest absolute Gasteiger partial charge is 0.434 e. The second kappa shape index (κ2) is 7.76. The molecule has 26 heavy (non-hydrogen) atoms. The van der Waals surface area contributed by atoms with Gasteiger partial charge in [-0.1, -0.05) is 0 Å². The van der Waals surface area contributed by atoms with E-state index in [0.717, 1.165) is 12.1 Å². The number of carbonyl (C=O) groups excluding carboxylic acids is 2. The fourth-order valence-electron chi connectivity index (χ4n) is 1.77. The Bertz CT molecular complexity index is 658. The van der Waals surface area contributed by atoms with E-state index in [1.807, 2.05) is 5.43 Å². The van der Waals surface area contributed by atoms with Crippen LogP contribution in [0.3, 0.4) is 0 Å². The first kappa shape index (κ1) is 21.5. The van der Waals surface area contributed by atoms with Crippen molar-refractivity contribution in [2.75, 3.05) is 12.1 Å². The van der Waals surface area contributed by atoms with Gasteiger partial charge in [0, 0.05) is 12.1 Å². The summed E-state index contributed by atoms with van der Waals surface area (Å²) in [7, 11) is 1.23. The Morgan fingerprint density at radius 3 is 1.81 bits per heavy atom. The SMILES string of the molecule is COc1cc(F)c(N(NC(=O)OC(C)(C)C)C(=O)OC(C)(C)C)c(F)c1. The molecular weight excluding hydrogens is 350 g/mol. The third kappa shape index (κ3) is 6.38. The van der Waals surface area contributed by atoms with E-state index in [0.29, 0.717) is 5.01 Å². The van der Waals surface area contributed by atoms with Crippen LogP contribution in [0.15, 0.2) is 12.1 Å². The molecule has 0 unspecified atom stereocenters. The summed E-state index contributed by atoms with van der Waals surface area (Å²) < 4.78 is 43.6. The van der Waals surface area contributed by atoms with Crippen molar-refractivity contribution in [3.05, 3.63) is 23.8 Å². The van der Waals surface area contributed by atoms with Crippen LogP contribution in [0.5, 0.6) is 5.75 Å². The number of amides is 2. The molecule has 7 nitrogen and oxygen atoms in total. The van der Waals surface area contributed by atoms with Crippen LogP contribution < -0.4 is 15.2 Å². The van der Waals surface area contributed by atoms with Crippen LogP contribution in [0.4, 0.5) is 24.1 Å². The largest absolute Gasteiger partial charge is 0.497 e. The molecule has 0 aliphatic heterocycles. The topological polar surface area (TPSA) is 77.1 Å². The van der Waals surface area contributed by atoms with Gasteiger partial charge in [-0.05, 0) is 41.5 Å². The van der Waals surface area contributed by atoms with Crippen LogP contribution in [0.25, 0.3) is 0 Å². The van der Waals surface area contributed by atoms with Crippen molar-refractivity contribution in [3.8, 4) is 5.75 Å². The number of nitrogens with zero attached hydrogens (tertiary/aromatic N) is 1. The standard InChI is InChI=1S/C17H24F2N2O5/c1-16(2,3)25-14(22)20-21(15(23)26-17(4,5)6)13-11(18)8-10(24-7)9-12(13)19/h8-9H,1-7H3,(H,20,22). The fourth-order valence-corrected chi connectivity index (χ4v) is 1.77. The van der Waals surface area contributed by atoms with Gasteiger partial charge in [0.15, 0.2) is 11.6 Å². The van der Waals surface area contributed by atoms with E-state index in [4.69, 9.17) is 14.2 Å². The minimum atomic E-state index is -1.19. The summed E-state index contributed by atoms with van der Waals surface area (Å²) in [5.74, 6) is -2.36. The molecule has 9 heteroatoms. The van der Waals surface area contributed by atoms with Crippen molar-refractivity contribution in [2.45, 2.75) is 52.7 Å². The molecule has 1 aromatic rings. The van der Waals surface area contributed by atoms with E-state index in [1.165, 1.54) is 7.11 Å². The highest BCUT2D eigenvalue weighted by atomic mass is 19.1. The highest BCUT2D eigenvalue weighted by Crippen LogP contribution is 2.28. The predicted octanol–water partition coefficient (Wildman–Crippen LogP) is 4.15. The number of nitrogens with one attached hydrogen (secondary N) is 1. The van der Waals surface area contributed by atoms with Gasteiger partial charge in [-0.2, -0.15) is 5.01 Å². The molecule has 2 amide bonds. The summed E-state index contributed by atoms with van der Waals surface area (Å²) in [6, 6.07) is 1.74. The van der Waals surface area contributed by atoms with Gasteiger partial charge in [-0.25, -0.2) is 23.8 Å². The second-order valence-corrected chi connectivity index (χ2v) is 7.37. The Kier molecular flexibility index (Phi) is 6.40. The predicted molar refractivity (Wildman–Crippen MR) is 91.0 cm³/mol. The zero-order valence-electron chi connectivity index (χ0n) is 15.9. The molecule has 0 fully saturated rings. The number of benzene rings is 1. The Balaban J connectivity index is 3.28. The van der Waals surface area contributed by atoms with Crippen LogP contribution in [0, 0.1) is 11.6 Å². The van der Waals surface area contributed by atoms with Gasteiger partial charge >= 0.3 is 12.2 Å². The molecule has 146 valence electrons. The van der Waals surface area contributed by atoms with Crippen molar-refractivity contribution < 1.29 is 32.6 Å². The summed E-state index contributed by atoms with van der Waals surface area (Å²) in [6.07, 6.45) is -2.27. The molecule has 0 bridgehead atoms. The highest BCUT2D eigenvalue weighted by molar-refractivity contribution is 5.91. The third-order valence-corrected chi connectivity index (χ3v) is 2.63. The number of ether oxygens (including phenoxy) is 3. The minimum absolute atomic E-state index is 0.0924. The lowest BCUT2D eigenvalue weighted by Gasteiger charge is -2.29. The average Bonchev–Trinajstić information content (AvgIpc) is 2.41. The highest BCUT2D eigenvalue weighted by Gasteiger charge is 2.31. The van der Waals surface area contributed by atoms with E-state index in [9.17, 15) is 18.4 Å². The molecule has 0 aliphatic rings. The lowest BCUT2D eigenvalue weighted by molar-refractivity contribution is 0.0423. The van der Waals surface area contributed by atoms with Crippen molar-refractivity contribution >= 4 is 17.9 Å². The number of carbonyl (C=O) groups is 2. The van der Waals surface area contributed by atoms with Crippen molar-refractivity contribution in [1.29, 1.82) is 0 Å². The molecule has 0 radical (unpaired) electrons. The Morgan fingerprint density at radius 2 is 1.42 bits per heavy atom. The van der Waals surface area contributed by atoms with Crippen LogP contribution in [0.1, 0.15) is 41.5 Å².